The minimum absolute atomic E-state index is 0.0669. The highest BCUT2D eigenvalue weighted by molar-refractivity contribution is 5.95. The number of fused-ring (bicyclic) bond motifs is 2. The Kier molecular flexibility index (Phi) is 8.06. The lowest BCUT2D eigenvalue weighted by molar-refractivity contribution is -0.576. The van der Waals surface area contributed by atoms with E-state index < -0.39 is 54.0 Å². The van der Waals surface area contributed by atoms with E-state index >= 15 is 0 Å². The fourth-order valence-corrected chi connectivity index (χ4v) is 7.43. The van der Waals surface area contributed by atoms with Gasteiger partial charge in [0.15, 0.2) is 11.9 Å². The second kappa shape index (κ2) is 11.6. The Bertz CT molecular complexity index is 1340. The summed E-state index contributed by atoms with van der Waals surface area (Å²) in [7, 11) is 0. The largest absolute Gasteiger partial charge is 0.448 e. The second-order valence-corrected chi connectivity index (χ2v) is 12.5. The average Bonchev–Trinajstić information content (AvgIpc) is 3.23. The van der Waals surface area contributed by atoms with Crippen molar-refractivity contribution in [3.63, 3.8) is 0 Å². The van der Waals surface area contributed by atoms with Gasteiger partial charge in [0.1, 0.15) is 6.04 Å². The number of nitrogens with one attached hydrogen (secondary N) is 1. The van der Waals surface area contributed by atoms with Crippen LogP contribution in [0, 0.1) is 23.7 Å². The van der Waals surface area contributed by atoms with Gasteiger partial charge in [-0.25, -0.2) is 14.6 Å². The fraction of sp³-hybridized carbons (Fsp3) is 0.545. The summed E-state index contributed by atoms with van der Waals surface area (Å²) in [6.45, 7) is 7.23. The van der Waals surface area contributed by atoms with Gasteiger partial charge in [-0.2, -0.15) is 0 Å². The Morgan fingerprint density at radius 2 is 1.63 bits per heavy atom. The number of amides is 1. The lowest BCUT2D eigenvalue weighted by atomic mass is 9.58. The van der Waals surface area contributed by atoms with Crippen molar-refractivity contribution in [2.45, 2.75) is 89.5 Å². The van der Waals surface area contributed by atoms with Crippen LogP contribution in [-0.4, -0.2) is 47.9 Å². The zero-order valence-electron chi connectivity index (χ0n) is 24.9. The van der Waals surface area contributed by atoms with E-state index in [1.165, 1.54) is 6.92 Å². The maximum Gasteiger partial charge on any atom is 0.352 e. The molecule has 5 fully saturated rings. The maximum atomic E-state index is 14.0. The monoisotopic (exact) mass is 593 g/mol. The lowest BCUT2D eigenvalue weighted by Crippen LogP contribution is -2.70. The minimum atomic E-state index is -1.48. The van der Waals surface area contributed by atoms with Crippen LogP contribution in [0.5, 0.6) is 0 Å². The predicted octanol–water partition coefficient (Wildman–Crippen LogP) is 4.84. The molecule has 2 aromatic carbocycles. The molecule has 0 aromatic heterocycles. The number of benzene rings is 2. The van der Waals surface area contributed by atoms with Crippen LogP contribution in [0.15, 0.2) is 60.7 Å². The van der Waals surface area contributed by atoms with Crippen molar-refractivity contribution < 1.29 is 43.1 Å². The van der Waals surface area contributed by atoms with E-state index in [0.717, 1.165) is 19.3 Å². The van der Waals surface area contributed by atoms with Crippen LogP contribution in [0.3, 0.4) is 0 Å². The van der Waals surface area contributed by atoms with Gasteiger partial charge in [-0.05, 0) is 55.7 Å². The van der Waals surface area contributed by atoms with E-state index in [1.54, 1.807) is 54.6 Å². The van der Waals surface area contributed by atoms with Gasteiger partial charge in [-0.3, -0.25) is 9.59 Å². The quantitative estimate of drug-likeness (QED) is 0.355. The Balaban J connectivity index is 1.29. The van der Waals surface area contributed by atoms with Gasteiger partial charge in [-0.15, -0.1) is 0 Å². The summed E-state index contributed by atoms with van der Waals surface area (Å²) >= 11 is 0. The molecule has 2 aromatic rings. The van der Waals surface area contributed by atoms with Gasteiger partial charge in [0, 0.05) is 30.7 Å². The lowest BCUT2D eigenvalue weighted by Gasteiger charge is -2.59. The van der Waals surface area contributed by atoms with E-state index in [-0.39, 0.29) is 17.8 Å². The van der Waals surface area contributed by atoms with E-state index in [1.807, 2.05) is 19.9 Å². The minimum Gasteiger partial charge on any atom is -0.448 e. The Labute approximate surface area is 251 Å². The zero-order valence-corrected chi connectivity index (χ0v) is 24.9. The molecule has 4 heterocycles. The highest BCUT2D eigenvalue weighted by atomic mass is 17.3. The Morgan fingerprint density at radius 3 is 2.33 bits per heavy atom. The number of hydrogen-bond acceptors (Lipinski definition) is 9. The van der Waals surface area contributed by atoms with Gasteiger partial charge in [0.2, 0.25) is 18.2 Å². The van der Waals surface area contributed by atoms with Crippen molar-refractivity contribution in [2.75, 3.05) is 0 Å². The summed E-state index contributed by atoms with van der Waals surface area (Å²) in [5.74, 6) is -2.75. The smallest absolute Gasteiger partial charge is 0.352 e. The second-order valence-electron chi connectivity index (χ2n) is 12.5. The first-order chi connectivity index (χ1) is 20.6. The summed E-state index contributed by atoms with van der Waals surface area (Å²) in [5.41, 5.74) is 0.144. The summed E-state index contributed by atoms with van der Waals surface area (Å²) < 4.78 is 24.4. The standard InChI is InChI=1S/C33H39NO9/c1-19-15-16-25-20(2)30(40-31-33(25)24(19)17-18-32(4,41-31)42-43-33)39-29(37)27(38-21(3)35)26(22-11-7-5-8-12-22)34-28(36)23-13-9-6-10-14-23/h5-14,19-20,24-27,30-31H,15-18H2,1-4H3,(H,34,36)/t19-,20-,24+,25+,26+,27-,30-,31-,32-,33-/m1/s1. The molecule has 10 heteroatoms. The molecule has 4 aliphatic heterocycles. The summed E-state index contributed by atoms with van der Waals surface area (Å²) in [6, 6.07) is 16.5. The van der Waals surface area contributed by atoms with Crippen molar-refractivity contribution in [3.8, 4) is 0 Å². The summed E-state index contributed by atoms with van der Waals surface area (Å²) in [6.07, 6.45) is 0.0457. The molecule has 7 rings (SSSR count). The molecule has 10 atom stereocenters. The van der Waals surface area contributed by atoms with Crippen molar-refractivity contribution in [1.29, 1.82) is 0 Å². The van der Waals surface area contributed by atoms with Crippen molar-refractivity contribution in [1.82, 2.24) is 5.32 Å². The first-order valence-electron chi connectivity index (χ1n) is 15.1. The summed E-state index contributed by atoms with van der Waals surface area (Å²) in [4.78, 5) is 51.6. The summed E-state index contributed by atoms with van der Waals surface area (Å²) in [5, 5.41) is 2.88. The number of ether oxygens (including phenoxy) is 4. The van der Waals surface area contributed by atoms with Gasteiger partial charge < -0.3 is 24.3 Å². The SMILES string of the molecule is CC(=O)O[C@@H](C(=O)O[C@@H]1O[C@@H]2O[C@@]3(C)CC[C@H]4[C@H](C)CC[C@@H]([C@H]1C)[C@@]24OO3)[C@@H](NC(=O)c1ccccc1)c1ccccc1. The molecule has 1 aliphatic carbocycles. The normalized spacial score (nSPS) is 35.9. The van der Waals surface area contributed by atoms with E-state index in [4.69, 9.17) is 28.7 Å². The third kappa shape index (κ3) is 5.46. The molecule has 230 valence electrons. The van der Waals surface area contributed by atoms with E-state index in [9.17, 15) is 14.4 Å². The Hall–Kier alpha value is -3.31. The first-order valence-corrected chi connectivity index (χ1v) is 15.1. The third-order valence-electron chi connectivity index (χ3n) is 9.64. The van der Waals surface area contributed by atoms with E-state index in [0.29, 0.717) is 23.5 Å². The van der Waals surface area contributed by atoms with Crippen molar-refractivity contribution in [3.05, 3.63) is 71.8 Å². The number of carbonyl (C=O) groups excluding carboxylic acids is 3. The molecular weight excluding hydrogens is 554 g/mol. The first kappa shape index (κ1) is 29.7. The number of hydrogen-bond donors (Lipinski definition) is 1. The molecular formula is C33H39NO9. The van der Waals surface area contributed by atoms with Crippen LogP contribution < -0.4 is 5.32 Å². The molecule has 2 bridgehead atoms. The predicted molar refractivity (Wildman–Crippen MR) is 152 cm³/mol. The van der Waals surface area contributed by atoms with E-state index in [2.05, 4.69) is 12.2 Å². The number of rotatable bonds is 7. The van der Waals surface area contributed by atoms with Crippen LogP contribution in [-0.2, 0) is 38.3 Å². The molecule has 0 unspecified atom stereocenters. The van der Waals surface area contributed by atoms with Crippen molar-refractivity contribution >= 4 is 17.8 Å². The van der Waals surface area contributed by atoms with Gasteiger partial charge in [-0.1, -0.05) is 62.4 Å². The molecule has 10 nitrogen and oxygen atoms in total. The highest BCUT2D eigenvalue weighted by Gasteiger charge is 2.70. The van der Waals surface area contributed by atoms with Crippen LogP contribution in [0.25, 0.3) is 0 Å². The van der Waals surface area contributed by atoms with Gasteiger partial charge >= 0.3 is 11.9 Å². The van der Waals surface area contributed by atoms with Crippen LogP contribution in [0.2, 0.25) is 0 Å². The number of esters is 2. The third-order valence-corrected chi connectivity index (χ3v) is 9.64. The van der Waals surface area contributed by atoms with Gasteiger partial charge in [0.25, 0.3) is 5.91 Å². The zero-order chi connectivity index (χ0) is 30.4. The van der Waals surface area contributed by atoms with Gasteiger partial charge in [0.05, 0.1) is 0 Å². The molecule has 5 aliphatic rings. The fourth-order valence-electron chi connectivity index (χ4n) is 7.43. The van der Waals surface area contributed by atoms with Crippen LogP contribution >= 0.6 is 0 Å². The molecule has 1 N–H and O–H groups in total. The average molecular weight is 594 g/mol. The van der Waals surface area contributed by atoms with Crippen LogP contribution in [0.1, 0.15) is 75.3 Å². The molecule has 43 heavy (non-hydrogen) atoms. The highest BCUT2D eigenvalue weighted by Crippen LogP contribution is 2.60. The number of carbonyl (C=O) groups is 3. The molecule has 1 spiro atoms. The van der Waals surface area contributed by atoms with Crippen LogP contribution in [0.4, 0.5) is 0 Å². The topological polar surface area (TPSA) is 119 Å². The Morgan fingerprint density at radius 1 is 0.930 bits per heavy atom. The molecule has 0 radical (unpaired) electrons. The molecule has 1 amide bonds. The molecule has 4 saturated heterocycles. The maximum absolute atomic E-state index is 14.0. The van der Waals surface area contributed by atoms with Crippen molar-refractivity contribution in [2.24, 2.45) is 23.7 Å². The molecule has 1 saturated carbocycles.